The topological polar surface area (TPSA) is 61.8 Å². The van der Waals surface area contributed by atoms with Crippen LogP contribution in [0.25, 0.3) is 0 Å². The molecule has 0 radical (unpaired) electrons. The first kappa shape index (κ1) is 12.8. The Balaban J connectivity index is 2.10. The number of carboxylic acid groups (broad SMARTS) is 1. The molecule has 0 spiro atoms. The molecular weight excluding hydrogens is 220 g/mol. The predicted molar refractivity (Wildman–Crippen MR) is 64.0 cm³/mol. The van der Waals surface area contributed by atoms with Gasteiger partial charge in [-0.25, -0.2) is 0 Å². The Morgan fingerprint density at radius 3 is 2.41 bits per heavy atom. The van der Waals surface area contributed by atoms with Gasteiger partial charge in [0, 0.05) is 5.41 Å². The molecule has 2 heterocycles. The number of aliphatic carboxylic acids is 1. The van der Waals surface area contributed by atoms with E-state index >= 15 is 0 Å². The van der Waals surface area contributed by atoms with Crippen molar-refractivity contribution < 1.29 is 14.6 Å². The highest BCUT2D eigenvalue weighted by Gasteiger charge is 2.53. The molecule has 0 aliphatic carbocycles. The third-order valence-electron chi connectivity index (χ3n) is 4.38. The molecule has 98 valence electrons. The maximum absolute atomic E-state index is 11.3. The van der Waals surface area contributed by atoms with Crippen LogP contribution in [0.1, 0.15) is 12.8 Å². The normalized spacial score (nSPS) is 27.4. The zero-order chi connectivity index (χ0) is 12.5. The summed E-state index contributed by atoms with van der Waals surface area (Å²) in [5.41, 5.74) is -0.193. The Kier molecular flexibility index (Phi) is 3.70. The van der Waals surface area contributed by atoms with Crippen LogP contribution in [0.3, 0.4) is 0 Å². The van der Waals surface area contributed by atoms with Crippen molar-refractivity contribution in [3.05, 3.63) is 0 Å². The van der Waals surface area contributed by atoms with E-state index in [1.54, 1.807) is 7.05 Å². The van der Waals surface area contributed by atoms with Gasteiger partial charge in [0.25, 0.3) is 0 Å². The maximum Gasteiger partial charge on any atom is 0.321 e. The number of carbonyl (C=O) groups is 1. The van der Waals surface area contributed by atoms with Gasteiger partial charge in [-0.3, -0.25) is 4.79 Å². The van der Waals surface area contributed by atoms with Crippen LogP contribution in [0.4, 0.5) is 0 Å². The van der Waals surface area contributed by atoms with Crippen molar-refractivity contribution >= 4 is 5.97 Å². The minimum atomic E-state index is -0.755. The highest BCUT2D eigenvalue weighted by Crippen LogP contribution is 2.44. The van der Waals surface area contributed by atoms with E-state index in [1.807, 2.05) is 0 Å². The van der Waals surface area contributed by atoms with Gasteiger partial charge in [-0.1, -0.05) is 0 Å². The van der Waals surface area contributed by atoms with Gasteiger partial charge >= 0.3 is 5.97 Å². The molecule has 1 unspecified atom stereocenters. The third kappa shape index (κ3) is 2.19. The fourth-order valence-electron chi connectivity index (χ4n) is 3.22. The number of likely N-dealkylation sites (N-methyl/N-ethyl adjacent to an activating group) is 1. The Morgan fingerprint density at radius 1 is 1.47 bits per heavy atom. The summed E-state index contributed by atoms with van der Waals surface area (Å²) in [4.78, 5) is 13.7. The molecule has 2 saturated heterocycles. The standard InChI is InChI=1S/C12H22N2O3/c1-13-10(11(15)16)12(7-17-8-12)9-3-5-14(2)6-4-9/h9-10,13H,3-8H2,1-2H3,(H,15,16). The van der Waals surface area contributed by atoms with Gasteiger partial charge in [0.15, 0.2) is 0 Å². The fourth-order valence-corrected chi connectivity index (χ4v) is 3.22. The average Bonchev–Trinajstić information content (AvgIpc) is 2.24. The second-order valence-corrected chi connectivity index (χ2v) is 5.36. The van der Waals surface area contributed by atoms with E-state index < -0.39 is 12.0 Å². The molecule has 2 fully saturated rings. The molecule has 2 rings (SSSR count). The monoisotopic (exact) mass is 242 g/mol. The number of hydrogen-bond acceptors (Lipinski definition) is 4. The summed E-state index contributed by atoms with van der Waals surface area (Å²) in [5.74, 6) is -0.296. The zero-order valence-corrected chi connectivity index (χ0v) is 10.6. The summed E-state index contributed by atoms with van der Waals surface area (Å²) < 4.78 is 5.33. The Bertz CT molecular complexity index is 283. The molecule has 2 N–H and O–H groups in total. The Morgan fingerprint density at radius 2 is 2.06 bits per heavy atom. The number of likely N-dealkylation sites (tertiary alicyclic amines) is 1. The number of nitrogens with zero attached hydrogens (tertiary/aromatic N) is 1. The quantitative estimate of drug-likeness (QED) is 0.727. The first-order valence-corrected chi connectivity index (χ1v) is 6.26. The summed E-state index contributed by atoms with van der Waals surface area (Å²) in [6.07, 6.45) is 2.15. The smallest absolute Gasteiger partial charge is 0.321 e. The van der Waals surface area contributed by atoms with Crippen molar-refractivity contribution in [1.29, 1.82) is 0 Å². The summed E-state index contributed by atoms with van der Waals surface area (Å²) in [6, 6.07) is -0.482. The zero-order valence-electron chi connectivity index (χ0n) is 10.6. The lowest BCUT2D eigenvalue weighted by molar-refractivity contribution is -0.187. The SMILES string of the molecule is CNC(C(=O)O)C1(C2CCN(C)CC2)COC1. The van der Waals surface area contributed by atoms with E-state index in [1.165, 1.54) is 0 Å². The van der Waals surface area contributed by atoms with Crippen molar-refractivity contribution in [3.63, 3.8) is 0 Å². The molecule has 1 atom stereocenters. The minimum absolute atomic E-state index is 0.193. The summed E-state index contributed by atoms with van der Waals surface area (Å²) >= 11 is 0. The van der Waals surface area contributed by atoms with E-state index in [0.29, 0.717) is 19.1 Å². The molecule has 5 heteroatoms. The molecular formula is C12H22N2O3. The molecule has 2 aliphatic heterocycles. The summed E-state index contributed by atoms with van der Waals surface area (Å²) in [5, 5.41) is 12.3. The summed E-state index contributed by atoms with van der Waals surface area (Å²) in [7, 11) is 3.85. The van der Waals surface area contributed by atoms with Crippen molar-refractivity contribution in [2.75, 3.05) is 40.4 Å². The van der Waals surface area contributed by atoms with Gasteiger partial charge in [0.1, 0.15) is 6.04 Å². The van der Waals surface area contributed by atoms with E-state index in [4.69, 9.17) is 4.74 Å². The minimum Gasteiger partial charge on any atom is -0.480 e. The number of carboxylic acids is 1. The molecule has 0 aromatic carbocycles. The Hall–Kier alpha value is -0.650. The van der Waals surface area contributed by atoms with Crippen LogP contribution in [0, 0.1) is 11.3 Å². The van der Waals surface area contributed by atoms with Crippen LogP contribution < -0.4 is 5.32 Å². The molecule has 2 aliphatic rings. The molecule has 0 aromatic heterocycles. The number of nitrogens with one attached hydrogen (secondary N) is 1. The lowest BCUT2D eigenvalue weighted by Crippen LogP contribution is -2.64. The van der Waals surface area contributed by atoms with Gasteiger partial charge < -0.3 is 20.1 Å². The molecule has 0 bridgehead atoms. The van der Waals surface area contributed by atoms with Gasteiger partial charge in [-0.05, 0) is 45.9 Å². The molecule has 17 heavy (non-hydrogen) atoms. The third-order valence-corrected chi connectivity index (χ3v) is 4.38. The van der Waals surface area contributed by atoms with Gasteiger partial charge in [0.2, 0.25) is 0 Å². The van der Waals surface area contributed by atoms with E-state index in [9.17, 15) is 9.90 Å². The van der Waals surface area contributed by atoms with E-state index in [2.05, 4.69) is 17.3 Å². The number of hydrogen-bond donors (Lipinski definition) is 2. The maximum atomic E-state index is 11.3. The Labute approximate surface area is 102 Å². The fraction of sp³-hybridized carbons (Fsp3) is 0.917. The number of ether oxygens (including phenoxy) is 1. The largest absolute Gasteiger partial charge is 0.480 e. The van der Waals surface area contributed by atoms with Crippen LogP contribution in [0.2, 0.25) is 0 Å². The van der Waals surface area contributed by atoms with Crippen molar-refractivity contribution in [2.24, 2.45) is 11.3 Å². The first-order chi connectivity index (χ1) is 8.10. The van der Waals surface area contributed by atoms with Crippen molar-refractivity contribution in [2.45, 2.75) is 18.9 Å². The van der Waals surface area contributed by atoms with Crippen LogP contribution in [-0.2, 0) is 9.53 Å². The summed E-state index contributed by atoms with van der Waals surface area (Å²) in [6.45, 7) is 3.28. The molecule has 0 amide bonds. The number of rotatable bonds is 4. The predicted octanol–water partition coefficient (Wildman–Crippen LogP) is 0.0174. The highest BCUT2D eigenvalue weighted by molar-refractivity contribution is 5.75. The molecule has 5 nitrogen and oxygen atoms in total. The van der Waals surface area contributed by atoms with Crippen LogP contribution in [-0.4, -0.2) is 62.4 Å². The molecule has 0 aromatic rings. The number of piperidine rings is 1. The van der Waals surface area contributed by atoms with E-state index in [0.717, 1.165) is 25.9 Å². The average molecular weight is 242 g/mol. The van der Waals surface area contributed by atoms with Crippen LogP contribution in [0.5, 0.6) is 0 Å². The lowest BCUT2D eigenvalue weighted by Gasteiger charge is -2.52. The highest BCUT2D eigenvalue weighted by atomic mass is 16.5. The lowest BCUT2D eigenvalue weighted by atomic mass is 9.65. The first-order valence-electron chi connectivity index (χ1n) is 6.26. The van der Waals surface area contributed by atoms with Gasteiger partial charge in [-0.2, -0.15) is 0 Å². The van der Waals surface area contributed by atoms with Crippen LogP contribution in [0.15, 0.2) is 0 Å². The van der Waals surface area contributed by atoms with Crippen molar-refractivity contribution in [3.8, 4) is 0 Å². The van der Waals surface area contributed by atoms with Gasteiger partial charge in [0.05, 0.1) is 13.2 Å². The van der Waals surface area contributed by atoms with Gasteiger partial charge in [-0.15, -0.1) is 0 Å². The van der Waals surface area contributed by atoms with Crippen molar-refractivity contribution in [1.82, 2.24) is 10.2 Å². The second-order valence-electron chi connectivity index (χ2n) is 5.36. The van der Waals surface area contributed by atoms with Crippen LogP contribution >= 0.6 is 0 Å². The molecule has 0 saturated carbocycles. The second kappa shape index (κ2) is 4.92. The van der Waals surface area contributed by atoms with E-state index in [-0.39, 0.29) is 5.41 Å².